The lowest BCUT2D eigenvalue weighted by Gasteiger charge is -2.11. The maximum Gasteiger partial charge on any atom is 0.327 e. The summed E-state index contributed by atoms with van der Waals surface area (Å²) in [5.74, 6) is -0.834. The van der Waals surface area contributed by atoms with Gasteiger partial charge in [0.15, 0.2) is 5.78 Å². The van der Waals surface area contributed by atoms with Crippen LogP contribution < -0.4 is 11.2 Å². The molecule has 3 aromatic rings. The number of aromatic amines is 2. The van der Waals surface area contributed by atoms with Crippen LogP contribution in [0.15, 0.2) is 39.9 Å². The van der Waals surface area contributed by atoms with Crippen LogP contribution in [0.3, 0.4) is 0 Å². The molecule has 0 amide bonds. The van der Waals surface area contributed by atoms with Gasteiger partial charge in [-0.05, 0) is 18.2 Å². The summed E-state index contributed by atoms with van der Waals surface area (Å²) in [4.78, 5) is 43.2. The van der Waals surface area contributed by atoms with Crippen molar-refractivity contribution in [3.8, 4) is 5.75 Å². The molecule has 0 bridgehead atoms. The number of fused-ring (bicyclic) bond motifs is 1. The molecule has 0 aliphatic heterocycles. The van der Waals surface area contributed by atoms with Crippen LogP contribution in [0.4, 0.5) is 0 Å². The number of carbonyl (C=O) groups excluding carboxylic acids is 1. The minimum Gasteiger partial charge on any atom is -0.507 e. The highest BCUT2D eigenvalue weighted by molar-refractivity contribution is 6.44. The summed E-state index contributed by atoms with van der Waals surface area (Å²) < 4.78 is 0. The minimum atomic E-state index is -1.18. The zero-order valence-electron chi connectivity index (χ0n) is 11.8. The monoisotopic (exact) mass is 365 g/mol. The molecule has 24 heavy (non-hydrogen) atoms. The number of ketones is 1. The van der Waals surface area contributed by atoms with Gasteiger partial charge < -0.3 is 5.11 Å². The average Bonchev–Trinajstić information content (AvgIpc) is 2.53. The lowest BCUT2D eigenvalue weighted by atomic mass is 10.0. The number of para-hydroxylation sites is 1. The van der Waals surface area contributed by atoms with Gasteiger partial charge in [-0.1, -0.05) is 35.3 Å². The Morgan fingerprint density at radius 3 is 2.50 bits per heavy atom. The van der Waals surface area contributed by atoms with Crippen LogP contribution in [0, 0.1) is 0 Å². The van der Waals surface area contributed by atoms with Crippen molar-refractivity contribution in [2.75, 3.05) is 0 Å². The summed E-state index contributed by atoms with van der Waals surface area (Å²) in [6, 6.07) is 7.14. The maximum atomic E-state index is 12.7. The summed E-state index contributed by atoms with van der Waals surface area (Å²) in [5, 5.41) is 9.85. The van der Waals surface area contributed by atoms with E-state index in [1.807, 2.05) is 4.98 Å². The highest BCUT2D eigenvalue weighted by Gasteiger charge is 2.23. The van der Waals surface area contributed by atoms with E-state index in [4.69, 9.17) is 23.2 Å². The maximum absolute atomic E-state index is 12.7. The molecule has 2 heterocycles. The number of phenolic OH excluding ortho intramolecular Hbond substituents is 1. The molecule has 0 aliphatic carbocycles. The number of nitrogens with zero attached hydrogens (tertiary/aromatic N) is 1. The van der Waals surface area contributed by atoms with Crippen molar-refractivity contribution in [2.45, 2.75) is 4.84 Å². The number of aromatic hydroxyl groups is 1. The second kappa shape index (κ2) is 6.10. The van der Waals surface area contributed by atoms with Crippen molar-refractivity contribution in [1.29, 1.82) is 0 Å². The smallest absolute Gasteiger partial charge is 0.327 e. The molecule has 0 atom stereocenters. The molecule has 7 nitrogen and oxygen atoms in total. The predicted octanol–water partition coefficient (Wildman–Crippen LogP) is 2.02. The number of alkyl halides is 2. The quantitative estimate of drug-likeness (QED) is 0.485. The number of nitrogens with one attached hydrogen (secondary N) is 2. The van der Waals surface area contributed by atoms with Gasteiger partial charge >= 0.3 is 5.69 Å². The highest BCUT2D eigenvalue weighted by Crippen LogP contribution is 2.30. The molecule has 0 unspecified atom stereocenters. The molecule has 0 fully saturated rings. The van der Waals surface area contributed by atoms with Crippen LogP contribution in [-0.2, 0) is 0 Å². The molecule has 0 saturated carbocycles. The number of halogens is 2. The highest BCUT2D eigenvalue weighted by atomic mass is 35.5. The first-order valence-electron chi connectivity index (χ1n) is 6.66. The first-order valence-corrected chi connectivity index (χ1v) is 7.54. The third-order valence-corrected chi connectivity index (χ3v) is 3.77. The van der Waals surface area contributed by atoms with Gasteiger partial charge in [0.2, 0.25) is 0 Å². The number of phenols is 1. The molecular formula is C15H9Cl2N3O4. The molecule has 0 saturated heterocycles. The first kappa shape index (κ1) is 16.2. The Morgan fingerprint density at radius 1 is 1.12 bits per heavy atom. The van der Waals surface area contributed by atoms with Crippen LogP contribution in [0.1, 0.15) is 26.5 Å². The molecule has 0 radical (unpaired) electrons. The first-order chi connectivity index (χ1) is 11.4. The summed E-state index contributed by atoms with van der Waals surface area (Å²) in [6.07, 6.45) is 0. The molecule has 1 aromatic carbocycles. The largest absolute Gasteiger partial charge is 0.507 e. The van der Waals surface area contributed by atoms with Crippen LogP contribution in [-0.4, -0.2) is 25.8 Å². The predicted molar refractivity (Wildman–Crippen MR) is 89.0 cm³/mol. The van der Waals surface area contributed by atoms with Gasteiger partial charge in [-0.25, -0.2) is 9.78 Å². The van der Waals surface area contributed by atoms with E-state index in [2.05, 4.69) is 9.97 Å². The lowest BCUT2D eigenvalue weighted by molar-refractivity contribution is 0.103. The summed E-state index contributed by atoms with van der Waals surface area (Å²) in [6.45, 7) is 0. The Morgan fingerprint density at radius 2 is 1.83 bits per heavy atom. The topological polar surface area (TPSA) is 116 Å². The van der Waals surface area contributed by atoms with Gasteiger partial charge in [-0.2, -0.15) is 0 Å². The number of hydrogen-bond donors (Lipinski definition) is 3. The molecular weight excluding hydrogens is 357 g/mol. The molecule has 3 N–H and O–H groups in total. The Bertz CT molecular complexity index is 1070. The van der Waals surface area contributed by atoms with E-state index in [0.29, 0.717) is 0 Å². The van der Waals surface area contributed by atoms with E-state index in [1.165, 1.54) is 18.2 Å². The van der Waals surface area contributed by atoms with Crippen molar-refractivity contribution in [1.82, 2.24) is 15.0 Å². The van der Waals surface area contributed by atoms with Crippen molar-refractivity contribution < 1.29 is 9.90 Å². The van der Waals surface area contributed by atoms with Gasteiger partial charge in [0.1, 0.15) is 16.2 Å². The number of carbonyl (C=O) groups is 1. The molecule has 9 heteroatoms. The van der Waals surface area contributed by atoms with Gasteiger partial charge in [0, 0.05) is 5.56 Å². The standard InChI is InChI=1S/C15H9Cl2N3O4/c16-12(17)10-7(11(22)6-3-1-2-4-9(6)21)5-8-13(18-10)19-15(24)20-14(8)23/h1-5,12,21H,(H2,18,19,20,23,24). The summed E-state index contributed by atoms with van der Waals surface area (Å²) in [7, 11) is 0. The fourth-order valence-electron chi connectivity index (χ4n) is 2.26. The van der Waals surface area contributed by atoms with E-state index in [1.54, 1.807) is 12.1 Å². The number of H-pyrrole nitrogens is 2. The Labute approximate surface area is 143 Å². The second-order valence-electron chi connectivity index (χ2n) is 4.87. The average molecular weight is 366 g/mol. The van der Waals surface area contributed by atoms with Crippen molar-refractivity contribution in [3.05, 3.63) is 68.0 Å². The van der Waals surface area contributed by atoms with Crippen LogP contribution in [0.5, 0.6) is 5.75 Å². The molecule has 122 valence electrons. The van der Waals surface area contributed by atoms with E-state index < -0.39 is 21.9 Å². The SMILES string of the molecule is O=C(c1ccccc1O)c1cc2c(=O)[nH]c(=O)[nH]c2nc1C(Cl)Cl. The molecule has 2 aromatic heterocycles. The number of rotatable bonds is 3. The number of pyridine rings is 1. The van der Waals surface area contributed by atoms with E-state index in [-0.39, 0.29) is 33.6 Å². The Hall–Kier alpha value is -2.64. The van der Waals surface area contributed by atoms with Gasteiger partial charge in [-0.15, -0.1) is 0 Å². The molecule has 0 aliphatic rings. The van der Waals surface area contributed by atoms with Gasteiger partial charge in [0.25, 0.3) is 5.56 Å². The third-order valence-electron chi connectivity index (χ3n) is 3.36. The third kappa shape index (κ3) is 2.79. The van der Waals surface area contributed by atoms with Crippen molar-refractivity contribution in [3.63, 3.8) is 0 Å². The van der Waals surface area contributed by atoms with E-state index >= 15 is 0 Å². The number of benzene rings is 1. The Balaban J connectivity index is 2.32. The van der Waals surface area contributed by atoms with Gasteiger partial charge in [0.05, 0.1) is 16.6 Å². The minimum absolute atomic E-state index is 0.00824. The second-order valence-corrected chi connectivity index (χ2v) is 5.97. The van der Waals surface area contributed by atoms with Crippen molar-refractivity contribution >= 4 is 40.0 Å². The van der Waals surface area contributed by atoms with E-state index in [0.717, 1.165) is 0 Å². The van der Waals surface area contributed by atoms with E-state index in [9.17, 15) is 19.5 Å². The molecule has 3 rings (SSSR count). The van der Waals surface area contributed by atoms with Crippen LogP contribution in [0.2, 0.25) is 0 Å². The van der Waals surface area contributed by atoms with Crippen LogP contribution >= 0.6 is 23.2 Å². The van der Waals surface area contributed by atoms with Crippen LogP contribution in [0.25, 0.3) is 11.0 Å². The number of aromatic nitrogens is 3. The van der Waals surface area contributed by atoms with Gasteiger partial charge in [-0.3, -0.25) is 19.6 Å². The van der Waals surface area contributed by atoms with Crippen molar-refractivity contribution in [2.24, 2.45) is 0 Å². The fraction of sp³-hybridized carbons (Fsp3) is 0.0667. The zero-order chi connectivity index (χ0) is 17.4. The number of hydrogen-bond acceptors (Lipinski definition) is 5. The Kier molecular flexibility index (Phi) is 4.13. The summed E-state index contributed by atoms with van der Waals surface area (Å²) in [5.41, 5.74) is -1.56. The normalized spacial score (nSPS) is 11.1. The summed E-state index contributed by atoms with van der Waals surface area (Å²) >= 11 is 11.7. The fourth-order valence-corrected chi connectivity index (χ4v) is 2.60. The lowest BCUT2D eigenvalue weighted by Crippen LogP contribution is -2.23. The molecule has 0 spiro atoms. The zero-order valence-corrected chi connectivity index (χ0v) is 13.4.